The molecule has 5 nitrogen and oxygen atoms in total. The van der Waals surface area contributed by atoms with Gasteiger partial charge in [0, 0.05) is 21.7 Å². The Kier molecular flexibility index (Phi) is 6.84. The third-order valence-corrected chi connectivity index (χ3v) is 7.24. The number of rotatable bonds is 6. The summed E-state index contributed by atoms with van der Waals surface area (Å²) < 4.78 is 14.7. The average Bonchev–Trinajstić information content (AvgIpc) is 3.23. The van der Waals surface area contributed by atoms with Crippen molar-refractivity contribution in [2.75, 3.05) is 0 Å². The number of H-pyrrole nitrogens is 1. The number of nitrogens with one attached hydrogen (secondary N) is 1. The summed E-state index contributed by atoms with van der Waals surface area (Å²) in [5.74, 6) is -1.60. The third kappa shape index (κ3) is 4.76. The number of fused-ring (bicyclic) bond motifs is 1. The van der Waals surface area contributed by atoms with E-state index in [2.05, 4.69) is 16.3 Å². The molecule has 3 aromatic carbocycles. The van der Waals surface area contributed by atoms with E-state index < -0.39 is 11.9 Å². The summed E-state index contributed by atoms with van der Waals surface area (Å²) in [6, 6.07) is 18.4. The zero-order chi connectivity index (χ0) is 26.1. The Bertz CT molecular complexity index is 1630. The molecule has 1 aliphatic rings. The highest BCUT2D eigenvalue weighted by Crippen LogP contribution is 2.48. The molecule has 0 atom stereocenters. The van der Waals surface area contributed by atoms with E-state index in [0.29, 0.717) is 26.7 Å². The fraction of sp³-hybridized carbons (Fsp3) is 0.138. The topological polar surface area (TPSA) is 89.8 Å². The average molecular weight is 532 g/mol. The van der Waals surface area contributed by atoms with Crippen molar-refractivity contribution in [3.05, 3.63) is 104 Å². The SMILES string of the molecule is N#Cc1c(/C(=C(/c2ccc(Cl)cc2Cl)C2CCC2)c2ccc(/C=C/C(=O)O)cc2)ccc2[nH]nc(F)c12. The number of aliphatic carboxylic acids is 1. The lowest BCUT2D eigenvalue weighted by Crippen LogP contribution is -2.16. The van der Waals surface area contributed by atoms with Crippen LogP contribution in [0.2, 0.25) is 10.0 Å². The Hall–Kier alpha value is -3.92. The van der Waals surface area contributed by atoms with E-state index in [9.17, 15) is 14.4 Å². The second-order valence-corrected chi connectivity index (χ2v) is 9.71. The van der Waals surface area contributed by atoms with E-state index in [0.717, 1.165) is 47.6 Å². The Morgan fingerprint density at radius 2 is 1.84 bits per heavy atom. The van der Waals surface area contributed by atoms with Crippen LogP contribution in [-0.2, 0) is 4.79 Å². The largest absolute Gasteiger partial charge is 0.478 e. The standard InChI is InChI=1S/C29H20Cl2FN3O2/c30-19-9-10-21(23(31)14-19)27(17-2-1-3-17)26(18-7-4-16(5-8-18)6-13-25(36)37)20-11-12-24-28(22(20)15-33)29(32)35-34-24/h4-14,17H,1-3H2,(H,34,35)(H,36,37)/b13-6+,27-26+. The first-order valence-corrected chi connectivity index (χ1v) is 12.4. The molecule has 1 saturated carbocycles. The Morgan fingerprint density at radius 1 is 1.11 bits per heavy atom. The number of halogens is 3. The van der Waals surface area contributed by atoms with Crippen molar-refractivity contribution >= 4 is 57.3 Å². The maximum absolute atomic E-state index is 14.7. The number of hydrogen-bond acceptors (Lipinski definition) is 3. The molecule has 2 N–H and O–H groups in total. The minimum atomic E-state index is -1.04. The number of carboxylic acid groups (broad SMARTS) is 1. The number of allylic oxidation sites excluding steroid dienone is 1. The Labute approximate surface area is 222 Å². The van der Waals surface area contributed by atoms with Gasteiger partial charge in [-0.3, -0.25) is 5.10 Å². The van der Waals surface area contributed by atoms with E-state index in [4.69, 9.17) is 28.3 Å². The second kappa shape index (κ2) is 10.2. The Balaban J connectivity index is 1.84. The van der Waals surface area contributed by atoms with Gasteiger partial charge in [0.1, 0.15) is 6.07 Å². The molecule has 0 saturated heterocycles. The molecule has 8 heteroatoms. The second-order valence-electron chi connectivity index (χ2n) is 8.87. The van der Waals surface area contributed by atoms with Gasteiger partial charge in [-0.1, -0.05) is 66.0 Å². The van der Waals surface area contributed by atoms with Gasteiger partial charge < -0.3 is 5.11 Å². The molecule has 1 aliphatic carbocycles. The van der Waals surface area contributed by atoms with Crippen LogP contribution in [0.1, 0.15) is 47.1 Å². The molecular formula is C29H20Cl2FN3O2. The fourth-order valence-corrected chi connectivity index (χ4v) is 5.26. The van der Waals surface area contributed by atoms with Crippen LogP contribution >= 0.6 is 23.2 Å². The van der Waals surface area contributed by atoms with Crippen LogP contribution in [0, 0.1) is 23.2 Å². The zero-order valence-corrected chi connectivity index (χ0v) is 20.9. The smallest absolute Gasteiger partial charge is 0.328 e. The molecule has 5 rings (SSSR count). The molecule has 0 spiro atoms. The number of hydrogen-bond donors (Lipinski definition) is 2. The molecule has 0 aliphatic heterocycles. The van der Waals surface area contributed by atoms with Crippen molar-refractivity contribution in [2.45, 2.75) is 19.3 Å². The molecule has 184 valence electrons. The molecule has 4 aromatic rings. The van der Waals surface area contributed by atoms with Crippen molar-refractivity contribution < 1.29 is 14.3 Å². The van der Waals surface area contributed by atoms with E-state index in [1.54, 1.807) is 36.4 Å². The van der Waals surface area contributed by atoms with E-state index in [1.807, 2.05) is 18.2 Å². The molecule has 1 aromatic heterocycles. The van der Waals surface area contributed by atoms with Gasteiger partial charge in [0.15, 0.2) is 0 Å². The predicted octanol–water partition coefficient (Wildman–Crippen LogP) is 7.74. The van der Waals surface area contributed by atoms with Crippen LogP contribution in [0.4, 0.5) is 4.39 Å². The molecule has 0 unspecified atom stereocenters. The highest BCUT2D eigenvalue weighted by atomic mass is 35.5. The van der Waals surface area contributed by atoms with Crippen LogP contribution < -0.4 is 0 Å². The summed E-state index contributed by atoms with van der Waals surface area (Å²) in [7, 11) is 0. The van der Waals surface area contributed by atoms with E-state index in [1.165, 1.54) is 6.08 Å². The summed E-state index contributed by atoms with van der Waals surface area (Å²) in [5, 5.41) is 26.6. The van der Waals surface area contributed by atoms with Gasteiger partial charge in [-0.2, -0.15) is 9.65 Å². The molecule has 1 fully saturated rings. The predicted molar refractivity (Wildman–Crippen MR) is 144 cm³/mol. The van der Waals surface area contributed by atoms with Gasteiger partial charge in [0.05, 0.1) is 16.5 Å². The highest BCUT2D eigenvalue weighted by Gasteiger charge is 2.30. The third-order valence-electron chi connectivity index (χ3n) is 6.69. The minimum Gasteiger partial charge on any atom is -0.478 e. The fourth-order valence-electron chi connectivity index (χ4n) is 4.75. The first-order chi connectivity index (χ1) is 17.9. The molecule has 0 radical (unpaired) electrons. The van der Waals surface area contributed by atoms with Gasteiger partial charge in [0.25, 0.3) is 0 Å². The number of aromatic amines is 1. The summed E-state index contributed by atoms with van der Waals surface area (Å²) in [6.07, 6.45) is 5.53. The number of carbonyl (C=O) groups is 1. The van der Waals surface area contributed by atoms with Gasteiger partial charge in [-0.25, -0.2) is 4.79 Å². The van der Waals surface area contributed by atoms with Crippen LogP contribution in [0.5, 0.6) is 0 Å². The monoisotopic (exact) mass is 531 g/mol. The summed E-state index contributed by atoms with van der Waals surface area (Å²) in [4.78, 5) is 10.9. The quantitative estimate of drug-likeness (QED) is 0.196. The Morgan fingerprint density at radius 3 is 2.46 bits per heavy atom. The van der Waals surface area contributed by atoms with Gasteiger partial charge in [-0.15, -0.1) is 5.10 Å². The molecular weight excluding hydrogens is 512 g/mol. The summed E-state index contributed by atoms with van der Waals surface area (Å²) in [6.45, 7) is 0. The number of carboxylic acids is 1. The minimum absolute atomic E-state index is 0.133. The van der Waals surface area contributed by atoms with Crippen molar-refractivity contribution in [1.82, 2.24) is 10.2 Å². The maximum atomic E-state index is 14.7. The van der Waals surface area contributed by atoms with E-state index >= 15 is 0 Å². The highest BCUT2D eigenvalue weighted by molar-refractivity contribution is 6.36. The van der Waals surface area contributed by atoms with Crippen molar-refractivity contribution in [3.8, 4) is 6.07 Å². The van der Waals surface area contributed by atoms with Crippen molar-refractivity contribution in [2.24, 2.45) is 5.92 Å². The lowest BCUT2D eigenvalue weighted by Gasteiger charge is -2.32. The van der Waals surface area contributed by atoms with Gasteiger partial charge >= 0.3 is 5.97 Å². The van der Waals surface area contributed by atoms with Crippen molar-refractivity contribution in [1.29, 1.82) is 5.26 Å². The van der Waals surface area contributed by atoms with Crippen molar-refractivity contribution in [3.63, 3.8) is 0 Å². The first-order valence-electron chi connectivity index (χ1n) is 11.7. The van der Waals surface area contributed by atoms with Crippen LogP contribution in [0.3, 0.4) is 0 Å². The van der Waals surface area contributed by atoms with Gasteiger partial charge in [0.2, 0.25) is 5.95 Å². The van der Waals surface area contributed by atoms with Gasteiger partial charge in [-0.05, 0) is 70.9 Å². The number of nitriles is 1. The molecule has 0 bridgehead atoms. The molecule has 0 amide bonds. The summed E-state index contributed by atoms with van der Waals surface area (Å²) >= 11 is 12.9. The van der Waals surface area contributed by atoms with Crippen LogP contribution in [0.25, 0.3) is 28.1 Å². The van der Waals surface area contributed by atoms with Crippen LogP contribution in [-0.4, -0.2) is 21.3 Å². The first kappa shape index (κ1) is 24.8. The molecule has 1 heterocycles. The maximum Gasteiger partial charge on any atom is 0.328 e. The summed E-state index contributed by atoms with van der Waals surface area (Å²) in [5.41, 5.74) is 5.20. The lowest BCUT2D eigenvalue weighted by atomic mass is 9.72. The molecule has 37 heavy (non-hydrogen) atoms. The normalized spacial score (nSPS) is 14.4. The zero-order valence-electron chi connectivity index (χ0n) is 19.4. The number of aromatic nitrogens is 2. The number of benzene rings is 3. The lowest BCUT2D eigenvalue weighted by molar-refractivity contribution is -0.131. The number of nitrogens with zero attached hydrogens (tertiary/aromatic N) is 2. The van der Waals surface area contributed by atoms with Crippen LogP contribution in [0.15, 0.2) is 60.7 Å². The van der Waals surface area contributed by atoms with E-state index in [-0.39, 0.29) is 16.9 Å².